The molecule has 152 valence electrons. The van der Waals surface area contributed by atoms with Gasteiger partial charge < -0.3 is 14.8 Å². The molecule has 0 saturated carbocycles. The van der Waals surface area contributed by atoms with Gasteiger partial charge in [0.15, 0.2) is 5.13 Å². The van der Waals surface area contributed by atoms with Gasteiger partial charge in [-0.25, -0.2) is 4.98 Å². The molecule has 30 heavy (non-hydrogen) atoms. The molecule has 0 aliphatic heterocycles. The molecule has 4 nitrogen and oxygen atoms in total. The van der Waals surface area contributed by atoms with E-state index in [1.54, 1.807) is 29.8 Å². The summed E-state index contributed by atoms with van der Waals surface area (Å²) < 4.78 is 11.0. The van der Waals surface area contributed by atoms with Crippen molar-refractivity contribution in [2.24, 2.45) is 0 Å². The SMILES string of the molecule is COC(=S)c1cc(-c2csc(Nc3ccc(OCc4ccccc4)cc3)n2)c(C)s1. The molecular formula is C23H20N2O2S3. The summed E-state index contributed by atoms with van der Waals surface area (Å²) in [7, 11) is 1.60. The number of nitrogens with zero attached hydrogens (tertiary/aromatic N) is 1. The highest BCUT2D eigenvalue weighted by molar-refractivity contribution is 7.80. The van der Waals surface area contributed by atoms with E-state index in [1.165, 1.54) is 4.88 Å². The van der Waals surface area contributed by atoms with Gasteiger partial charge in [0, 0.05) is 21.5 Å². The van der Waals surface area contributed by atoms with E-state index < -0.39 is 0 Å². The van der Waals surface area contributed by atoms with Crippen LogP contribution in [-0.4, -0.2) is 17.1 Å². The van der Waals surface area contributed by atoms with Gasteiger partial charge in [0.2, 0.25) is 5.05 Å². The van der Waals surface area contributed by atoms with Crippen molar-refractivity contribution in [3.05, 3.63) is 81.4 Å². The van der Waals surface area contributed by atoms with Crippen LogP contribution < -0.4 is 10.1 Å². The number of aromatic nitrogens is 1. The largest absolute Gasteiger partial charge is 0.489 e. The molecule has 1 N–H and O–H groups in total. The maximum atomic E-state index is 5.84. The fraction of sp³-hybridized carbons (Fsp3) is 0.130. The van der Waals surface area contributed by atoms with Crippen LogP contribution in [0.1, 0.15) is 15.3 Å². The first-order valence-electron chi connectivity index (χ1n) is 9.31. The molecule has 0 fully saturated rings. The summed E-state index contributed by atoms with van der Waals surface area (Å²) in [4.78, 5) is 6.85. The topological polar surface area (TPSA) is 43.4 Å². The van der Waals surface area contributed by atoms with Crippen molar-refractivity contribution < 1.29 is 9.47 Å². The van der Waals surface area contributed by atoms with E-state index in [1.807, 2.05) is 53.9 Å². The van der Waals surface area contributed by atoms with Gasteiger partial charge in [-0.1, -0.05) is 30.3 Å². The normalized spacial score (nSPS) is 10.6. The Balaban J connectivity index is 1.40. The van der Waals surface area contributed by atoms with Crippen LogP contribution in [0.3, 0.4) is 0 Å². The standard InChI is InChI=1S/C23H20N2O2S3/c1-15-19(12-21(30-15)22(28)26-2)20-14-29-23(25-20)24-17-8-10-18(11-9-17)27-13-16-6-4-3-5-7-16/h3-12,14H,13H2,1-2H3,(H,24,25). The van der Waals surface area contributed by atoms with Crippen LogP contribution in [0.2, 0.25) is 0 Å². The average Bonchev–Trinajstić information content (AvgIpc) is 3.39. The van der Waals surface area contributed by atoms with Crippen LogP contribution in [0.5, 0.6) is 5.75 Å². The second-order valence-corrected chi connectivity index (χ2v) is 9.02. The predicted molar refractivity (Wildman–Crippen MR) is 129 cm³/mol. The maximum absolute atomic E-state index is 5.84. The zero-order valence-corrected chi connectivity index (χ0v) is 19.0. The Morgan fingerprint density at radius 1 is 1.10 bits per heavy atom. The zero-order chi connectivity index (χ0) is 20.9. The summed E-state index contributed by atoms with van der Waals surface area (Å²) in [6.07, 6.45) is 0. The van der Waals surface area contributed by atoms with Crippen molar-refractivity contribution in [1.82, 2.24) is 4.98 Å². The van der Waals surface area contributed by atoms with E-state index in [0.717, 1.165) is 38.3 Å². The molecule has 0 spiro atoms. The summed E-state index contributed by atoms with van der Waals surface area (Å²) in [5, 5.41) is 6.76. The van der Waals surface area contributed by atoms with E-state index in [2.05, 4.69) is 24.4 Å². The van der Waals surface area contributed by atoms with Gasteiger partial charge in [0.1, 0.15) is 12.4 Å². The molecule has 4 rings (SSSR count). The second kappa shape index (κ2) is 9.38. The molecule has 2 aromatic carbocycles. The molecule has 0 aliphatic rings. The lowest BCUT2D eigenvalue weighted by molar-refractivity contribution is 0.306. The van der Waals surface area contributed by atoms with E-state index in [-0.39, 0.29) is 0 Å². The first kappa shape index (κ1) is 20.5. The number of aryl methyl sites for hydroxylation is 1. The van der Waals surface area contributed by atoms with Crippen LogP contribution in [0.4, 0.5) is 10.8 Å². The molecule has 4 aromatic rings. The number of methoxy groups -OCH3 is 1. The molecule has 2 heterocycles. The van der Waals surface area contributed by atoms with Crippen molar-refractivity contribution >= 4 is 50.8 Å². The highest BCUT2D eigenvalue weighted by Crippen LogP contribution is 2.34. The number of thiophene rings is 1. The average molecular weight is 453 g/mol. The van der Waals surface area contributed by atoms with E-state index in [4.69, 9.17) is 26.7 Å². The molecule has 7 heteroatoms. The predicted octanol–water partition coefficient (Wildman–Crippen LogP) is 6.82. The van der Waals surface area contributed by atoms with Gasteiger partial charge in [0.05, 0.1) is 17.7 Å². The number of nitrogens with one attached hydrogen (secondary N) is 1. The number of hydrogen-bond acceptors (Lipinski definition) is 7. The van der Waals surface area contributed by atoms with Crippen molar-refractivity contribution in [3.63, 3.8) is 0 Å². The number of hydrogen-bond donors (Lipinski definition) is 1. The fourth-order valence-electron chi connectivity index (χ4n) is 2.89. The minimum Gasteiger partial charge on any atom is -0.489 e. The second-order valence-electron chi connectivity index (χ2n) is 6.53. The summed E-state index contributed by atoms with van der Waals surface area (Å²) in [5.74, 6) is 0.833. The molecule has 0 amide bonds. The Morgan fingerprint density at radius 2 is 1.87 bits per heavy atom. The molecule has 0 radical (unpaired) electrons. The molecule has 0 atom stereocenters. The lowest BCUT2D eigenvalue weighted by Crippen LogP contribution is -1.95. The molecule has 2 aromatic heterocycles. The summed E-state index contributed by atoms with van der Waals surface area (Å²) in [6.45, 7) is 2.63. The number of anilines is 2. The zero-order valence-electron chi connectivity index (χ0n) is 16.5. The van der Waals surface area contributed by atoms with Gasteiger partial charge in [-0.15, -0.1) is 22.7 Å². The van der Waals surface area contributed by atoms with E-state index >= 15 is 0 Å². The van der Waals surface area contributed by atoms with Crippen LogP contribution in [0, 0.1) is 6.92 Å². The molecule has 0 aliphatic carbocycles. The summed E-state index contributed by atoms with van der Waals surface area (Å²) in [5.41, 5.74) is 4.13. The molecule has 0 unspecified atom stereocenters. The quantitative estimate of drug-likeness (QED) is 0.312. The number of thiazole rings is 1. The Morgan fingerprint density at radius 3 is 2.60 bits per heavy atom. The van der Waals surface area contributed by atoms with Crippen LogP contribution in [0.15, 0.2) is 66.0 Å². The smallest absolute Gasteiger partial charge is 0.201 e. The summed E-state index contributed by atoms with van der Waals surface area (Å²) in [6, 6.07) is 20.1. The third kappa shape index (κ3) is 4.87. The minimum absolute atomic E-state index is 0.512. The van der Waals surface area contributed by atoms with Crippen LogP contribution >= 0.6 is 34.9 Å². The maximum Gasteiger partial charge on any atom is 0.201 e. The van der Waals surface area contributed by atoms with Gasteiger partial charge in [0.25, 0.3) is 0 Å². The van der Waals surface area contributed by atoms with Crippen molar-refractivity contribution in [3.8, 4) is 17.0 Å². The number of benzene rings is 2. The van der Waals surface area contributed by atoms with Gasteiger partial charge in [-0.05, 0) is 55.0 Å². The first-order valence-corrected chi connectivity index (χ1v) is 11.4. The van der Waals surface area contributed by atoms with Gasteiger partial charge in [-0.2, -0.15) is 0 Å². The number of thiocarbonyl (C=S) groups is 1. The monoisotopic (exact) mass is 452 g/mol. The third-order valence-electron chi connectivity index (χ3n) is 4.44. The van der Waals surface area contributed by atoms with Crippen molar-refractivity contribution in [1.29, 1.82) is 0 Å². The Kier molecular flexibility index (Phi) is 6.42. The lowest BCUT2D eigenvalue weighted by Gasteiger charge is -2.08. The Labute approximate surface area is 189 Å². The molecule has 0 bridgehead atoms. The van der Waals surface area contributed by atoms with Crippen LogP contribution in [0.25, 0.3) is 11.3 Å². The Bertz CT molecular complexity index is 1130. The first-order chi connectivity index (χ1) is 14.6. The summed E-state index contributed by atoms with van der Waals surface area (Å²) >= 11 is 8.44. The van der Waals surface area contributed by atoms with Crippen LogP contribution in [-0.2, 0) is 11.3 Å². The Hall–Kier alpha value is -2.74. The van der Waals surface area contributed by atoms with E-state index in [0.29, 0.717) is 11.7 Å². The minimum atomic E-state index is 0.512. The number of rotatable bonds is 7. The molecular weight excluding hydrogens is 432 g/mol. The fourth-order valence-corrected chi connectivity index (χ4v) is 4.75. The molecule has 0 saturated heterocycles. The third-order valence-corrected chi connectivity index (χ3v) is 6.76. The van der Waals surface area contributed by atoms with Gasteiger partial charge >= 0.3 is 0 Å². The van der Waals surface area contributed by atoms with E-state index in [9.17, 15) is 0 Å². The lowest BCUT2D eigenvalue weighted by atomic mass is 10.2. The highest BCUT2D eigenvalue weighted by Gasteiger charge is 2.14. The number of ether oxygens (including phenoxy) is 2. The van der Waals surface area contributed by atoms with Crippen molar-refractivity contribution in [2.75, 3.05) is 12.4 Å². The van der Waals surface area contributed by atoms with Gasteiger partial charge in [-0.3, -0.25) is 0 Å². The van der Waals surface area contributed by atoms with Crippen molar-refractivity contribution in [2.45, 2.75) is 13.5 Å². The highest BCUT2D eigenvalue weighted by atomic mass is 32.1.